The first-order valence-electron chi connectivity index (χ1n) is 6.15. The van der Waals surface area contributed by atoms with Crippen LogP contribution in [0.1, 0.15) is 25.5 Å². The first-order valence-corrected chi connectivity index (χ1v) is 6.15. The molecule has 0 fully saturated rings. The monoisotopic (exact) mass is 244 g/mol. The van der Waals surface area contributed by atoms with Gasteiger partial charge in [-0.1, -0.05) is 25.1 Å². The van der Waals surface area contributed by atoms with Gasteiger partial charge in [0.2, 0.25) is 0 Å². The lowest BCUT2D eigenvalue weighted by Gasteiger charge is -2.13. The molecule has 0 amide bonds. The van der Waals surface area contributed by atoms with Gasteiger partial charge in [-0.05, 0) is 36.7 Å². The lowest BCUT2D eigenvalue weighted by Crippen LogP contribution is -2.17. The fourth-order valence-corrected chi connectivity index (χ4v) is 1.98. The summed E-state index contributed by atoms with van der Waals surface area (Å²) in [5, 5.41) is 3.36. The van der Waals surface area contributed by atoms with Crippen molar-refractivity contribution in [1.29, 1.82) is 0 Å². The summed E-state index contributed by atoms with van der Waals surface area (Å²) in [6, 6.07) is 9.90. The third kappa shape index (κ3) is 2.93. The second-order valence-electron chi connectivity index (χ2n) is 4.30. The standard InChI is InChI=1S/C15H17FN2/c1-3-18-11(2)12-5-4-6-13(7-12)14-8-15(16)10-17-9-14/h4-11,18H,3H2,1-2H3. The van der Waals surface area contributed by atoms with E-state index in [1.165, 1.54) is 17.8 Å². The van der Waals surface area contributed by atoms with Gasteiger partial charge < -0.3 is 5.32 Å². The average molecular weight is 244 g/mol. The number of hydrogen-bond donors (Lipinski definition) is 1. The van der Waals surface area contributed by atoms with Crippen LogP contribution in [-0.2, 0) is 0 Å². The molecule has 1 N–H and O–H groups in total. The zero-order valence-electron chi connectivity index (χ0n) is 10.7. The van der Waals surface area contributed by atoms with Gasteiger partial charge in [-0.3, -0.25) is 4.98 Å². The molecule has 1 atom stereocenters. The van der Waals surface area contributed by atoms with E-state index in [0.29, 0.717) is 0 Å². The molecular weight excluding hydrogens is 227 g/mol. The summed E-state index contributed by atoms with van der Waals surface area (Å²) in [7, 11) is 0. The van der Waals surface area contributed by atoms with Gasteiger partial charge in [0, 0.05) is 17.8 Å². The van der Waals surface area contributed by atoms with E-state index in [0.717, 1.165) is 17.7 Å². The summed E-state index contributed by atoms with van der Waals surface area (Å²) < 4.78 is 13.2. The quantitative estimate of drug-likeness (QED) is 0.889. The van der Waals surface area contributed by atoms with Gasteiger partial charge in [0.1, 0.15) is 5.82 Å². The zero-order chi connectivity index (χ0) is 13.0. The van der Waals surface area contributed by atoms with Crippen molar-refractivity contribution in [2.24, 2.45) is 0 Å². The van der Waals surface area contributed by atoms with Crippen LogP contribution in [0.3, 0.4) is 0 Å². The predicted molar refractivity (Wildman–Crippen MR) is 71.7 cm³/mol. The van der Waals surface area contributed by atoms with Gasteiger partial charge in [-0.2, -0.15) is 0 Å². The van der Waals surface area contributed by atoms with E-state index < -0.39 is 0 Å². The van der Waals surface area contributed by atoms with E-state index >= 15 is 0 Å². The van der Waals surface area contributed by atoms with Crippen LogP contribution in [0.15, 0.2) is 42.7 Å². The van der Waals surface area contributed by atoms with E-state index in [4.69, 9.17) is 0 Å². The van der Waals surface area contributed by atoms with Crippen LogP contribution in [0.25, 0.3) is 11.1 Å². The molecule has 1 unspecified atom stereocenters. The molecule has 2 aromatic rings. The summed E-state index contributed by atoms with van der Waals surface area (Å²) in [5.74, 6) is -0.308. The fraction of sp³-hybridized carbons (Fsp3) is 0.267. The lowest BCUT2D eigenvalue weighted by atomic mass is 10.0. The smallest absolute Gasteiger partial charge is 0.142 e. The Bertz CT molecular complexity index is 525. The topological polar surface area (TPSA) is 24.9 Å². The second kappa shape index (κ2) is 5.74. The maximum Gasteiger partial charge on any atom is 0.142 e. The van der Waals surface area contributed by atoms with E-state index in [-0.39, 0.29) is 11.9 Å². The summed E-state index contributed by atoms with van der Waals surface area (Å²) in [6.45, 7) is 5.12. The van der Waals surface area contributed by atoms with Crippen molar-refractivity contribution >= 4 is 0 Å². The summed E-state index contributed by atoms with van der Waals surface area (Å²) in [5.41, 5.74) is 2.99. The molecule has 2 nitrogen and oxygen atoms in total. The number of hydrogen-bond acceptors (Lipinski definition) is 2. The van der Waals surface area contributed by atoms with Gasteiger partial charge in [-0.25, -0.2) is 4.39 Å². The minimum atomic E-state index is -0.308. The Morgan fingerprint density at radius 2 is 2.06 bits per heavy atom. The fourth-order valence-electron chi connectivity index (χ4n) is 1.98. The van der Waals surface area contributed by atoms with Gasteiger partial charge in [0.25, 0.3) is 0 Å². The van der Waals surface area contributed by atoms with Gasteiger partial charge >= 0.3 is 0 Å². The number of nitrogens with one attached hydrogen (secondary N) is 1. The van der Waals surface area contributed by atoms with Crippen molar-refractivity contribution < 1.29 is 4.39 Å². The van der Waals surface area contributed by atoms with Crippen molar-refractivity contribution in [2.45, 2.75) is 19.9 Å². The van der Waals surface area contributed by atoms with Crippen LogP contribution in [0.2, 0.25) is 0 Å². The Hall–Kier alpha value is -1.74. The molecule has 0 aliphatic carbocycles. The molecular formula is C15H17FN2. The number of pyridine rings is 1. The van der Waals surface area contributed by atoms with Crippen LogP contribution in [0.5, 0.6) is 0 Å². The Kier molecular flexibility index (Phi) is 4.05. The van der Waals surface area contributed by atoms with E-state index in [1.807, 2.05) is 12.1 Å². The molecule has 0 saturated carbocycles. The molecule has 0 spiro atoms. The first-order chi connectivity index (χ1) is 8.70. The van der Waals surface area contributed by atoms with E-state index in [2.05, 4.69) is 36.3 Å². The summed E-state index contributed by atoms with van der Waals surface area (Å²) >= 11 is 0. The molecule has 0 bridgehead atoms. The molecule has 1 aromatic carbocycles. The third-order valence-electron chi connectivity index (χ3n) is 2.94. The molecule has 3 heteroatoms. The highest BCUT2D eigenvalue weighted by atomic mass is 19.1. The Morgan fingerprint density at radius 1 is 1.22 bits per heavy atom. The predicted octanol–water partition coefficient (Wildman–Crippen LogP) is 3.56. The van der Waals surface area contributed by atoms with Crippen LogP contribution >= 0.6 is 0 Å². The van der Waals surface area contributed by atoms with E-state index in [1.54, 1.807) is 6.20 Å². The number of nitrogens with zero attached hydrogens (tertiary/aromatic N) is 1. The molecule has 94 valence electrons. The molecule has 18 heavy (non-hydrogen) atoms. The molecule has 1 aromatic heterocycles. The highest BCUT2D eigenvalue weighted by Gasteiger charge is 2.06. The molecule has 2 rings (SSSR count). The van der Waals surface area contributed by atoms with E-state index in [9.17, 15) is 4.39 Å². The molecule has 0 saturated heterocycles. The van der Waals surface area contributed by atoms with Gasteiger partial charge in [-0.15, -0.1) is 0 Å². The maximum absolute atomic E-state index is 13.2. The Labute approximate surface area is 107 Å². The first kappa shape index (κ1) is 12.7. The highest BCUT2D eigenvalue weighted by molar-refractivity contribution is 5.63. The minimum absolute atomic E-state index is 0.288. The number of benzene rings is 1. The zero-order valence-corrected chi connectivity index (χ0v) is 10.7. The molecule has 0 radical (unpaired) electrons. The second-order valence-corrected chi connectivity index (χ2v) is 4.30. The maximum atomic E-state index is 13.2. The van der Waals surface area contributed by atoms with Crippen LogP contribution in [-0.4, -0.2) is 11.5 Å². The molecule has 1 heterocycles. The largest absolute Gasteiger partial charge is 0.310 e. The average Bonchev–Trinajstić information content (AvgIpc) is 2.39. The van der Waals surface area contributed by atoms with Crippen LogP contribution in [0, 0.1) is 5.82 Å². The van der Waals surface area contributed by atoms with Crippen molar-refractivity contribution in [3.8, 4) is 11.1 Å². The SMILES string of the molecule is CCNC(C)c1cccc(-c2cncc(F)c2)c1. The summed E-state index contributed by atoms with van der Waals surface area (Å²) in [4.78, 5) is 3.88. The van der Waals surface area contributed by atoms with Crippen molar-refractivity contribution in [2.75, 3.05) is 6.54 Å². The highest BCUT2D eigenvalue weighted by Crippen LogP contribution is 2.23. The lowest BCUT2D eigenvalue weighted by molar-refractivity contribution is 0.598. The van der Waals surface area contributed by atoms with Gasteiger partial charge in [0.15, 0.2) is 0 Å². The Balaban J connectivity index is 2.32. The number of rotatable bonds is 4. The van der Waals surface area contributed by atoms with Crippen LogP contribution in [0.4, 0.5) is 4.39 Å². The van der Waals surface area contributed by atoms with Gasteiger partial charge in [0.05, 0.1) is 6.20 Å². The molecule has 0 aliphatic rings. The normalized spacial score (nSPS) is 12.4. The summed E-state index contributed by atoms with van der Waals surface area (Å²) in [6.07, 6.45) is 2.90. The number of halogens is 1. The molecule has 0 aliphatic heterocycles. The minimum Gasteiger partial charge on any atom is -0.310 e. The number of aromatic nitrogens is 1. The van der Waals surface area contributed by atoms with Crippen molar-refractivity contribution in [3.63, 3.8) is 0 Å². The van der Waals surface area contributed by atoms with Crippen LogP contribution < -0.4 is 5.32 Å². The van der Waals surface area contributed by atoms with Crippen molar-refractivity contribution in [1.82, 2.24) is 10.3 Å². The van der Waals surface area contributed by atoms with Crippen molar-refractivity contribution in [3.05, 3.63) is 54.1 Å². The third-order valence-corrected chi connectivity index (χ3v) is 2.94. The Morgan fingerprint density at radius 3 is 2.78 bits per heavy atom.